The SMILES string of the molecule is CC1(C)CCCNC1C(=O)NCCCCN. The number of carbonyl (C=O) groups is 1. The third-order valence-electron chi connectivity index (χ3n) is 3.32. The molecule has 1 saturated heterocycles. The fourth-order valence-electron chi connectivity index (χ4n) is 2.24. The highest BCUT2D eigenvalue weighted by Gasteiger charge is 2.36. The third kappa shape index (κ3) is 3.76. The van der Waals surface area contributed by atoms with Crippen molar-refractivity contribution in [2.24, 2.45) is 11.1 Å². The highest BCUT2D eigenvalue weighted by atomic mass is 16.2. The maximum atomic E-state index is 12.0. The van der Waals surface area contributed by atoms with Gasteiger partial charge < -0.3 is 16.4 Å². The Labute approximate surface area is 98.3 Å². The van der Waals surface area contributed by atoms with Crippen molar-refractivity contribution in [3.05, 3.63) is 0 Å². The van der Waals surface area contributed by atoms with E-state index >= 15 is 0 Å². The Morgan fingerprint density at radius 3 is 2.88 bits per heavy atom. The first-order valence-corrected chi connectivity index (χ1v) is 6.29. The van der Waals surface area contributed by atoms with E-state index < -0.39 is 0 Å². The van der Waals surface area contributed by atoms with Crippen LogP contribution in [0.15, 0.2) is 0 Å². The Bertz CT molecular complexity index is 228. The van der Waals surface area contributed by atoms with Crippen molar-refractivity contribution in [2.75, 3.05) is 19.6 Å². The summed E-state index contributed by atoms with van der Waals surface area (Å²) >= 11 is 0. The molecule has 4 nitrogen and oxygen atoms in total. The number of unbranched alkanes of at least 4 members (excludes halogenated alkanes) is 1. The summed E-state index contributed by atoms with van der Waals surface area (Å²) < 4.78 is 0. The van der Waals surface area contributed by atoms with Gasteiger partial charge >= 0.3 is 0 Å². The number of carbonyl (C=O) groups excluding carboxylic acids is 1. The lowest BCUT2D eigenvalue weighted by atomic mass is 9.77. The smallest absolute Gasteiger partial charge is 0.237 e. The molecule has 0 bridgehead atoms. The minimum absolute atomic E-state index is 0.0425. The second-order valence-electron chi connectivity index (χ2n) is 5.27. The van der Waals surface area contributed by atoms with Crippen LogP contribution >= 0.6 is 0 Å². The minimum atomic E-state index is -0.0425. The van der Waals surface area contributed by atoms with E-state index in [4.69, 9.17) is 5.73 Å². The maximum Gasteiger partial charge on any atom is 0.237 e. The molecule has 1 unspecified atom stereocenters. The lowest BCUT2D eigenvalue weighted by Crippen LogP contribution is -2.55. The molecule has 1 amide bonds. The number of nitrogens with two attached hydrogens (primary N) is 1. The number of hydrogen-bond acceptors (Lipinski definition) is 3. The van der Waals surface area contributed by atoms with E-state index in [1.165, 1.54) is 0 Å². The van der Waals surface area contributed by atoms with Gasteiger partial charge in [-0.1, -0.05) is 13.8 Å². The number of nitrogens with one attached hydrogen (secondary N) is 2. The van der Waals surface area contributed by atoms with Gasteiger partial charge in [0.1, 0.15) is 0 Å². The van der Waals surface area contributed by atoms with Crippen LogP contribution in [0.2, 0.25) is 0 Å². The molecule has 0 aromatic carbocycles. The number of rotatable bonds is 5. The monoisotopic (exact) mass is 227 g/mol. The van der Waals surface area contributed by atoms with Crippen LogP contribution < -0.4 is 16.4 Å². The fourth-order valence-corrected chi connectivity index (χ4v) is 2.24. The van der Waals surface area contributed by atoms with Crippen LogP contribution in [0, 0.1) is 5.41 Å². The van der Waals surface area contributed by atoms with Crippen LogP contribution in [0.5, 0.6) is 0 Å². The average Bonchev–Trinajstić information content (AvgIpc) is 2.23. The van der Waals surface area contributed by atoms with Gasteiger partial charge in [0.05, 0.1) is 6.04 Å². The summed E-state index contributed by atoms with van der Waals surface area (Å²) in [6, 6.07) is -0.0425. The summed E-state index contributed by atoms with van der Waals surface area (Å²) in [4.78, 5) is 12.0. The standard InChI is InChI=1S/C12H25N3O/c1-12(2)6-5-9-14-10(12)11(16)15-8-4-3-7-13/h10,14H,3-9,13H2,1-2H3,(H,15,16). The summed E-state index contributed by atoms with van der Waals surface area (Å²) in [5.74, 6) is 0.140. The zero-order chi connectivity index (χ0) is 12.0. The van der Waals surface area contributed by atoms with Crippen molar-refractivity contribution in [1.82, 2.24) is 10.6 Å². The second-order valence-corrected chi connectivity index (χ2v) is 5.27. The molecule has 1 aliphatic heterocycles. The Balaban J connectivity index is 2.34. The summed E-state index contributed by atoms with van der Waals surface area (Å²) in [6.45, 7) is 6.70. The molecule has 1 rings (SSSR count). The van der Waals surface area contributed by atoms with Crippen LogP contribution in [0.3, 0.4) is 0 Å². The van der Waals surface area contributed by atoms with E-state index in [0.717, 1.165) is 38.8 Å². The zero-order valence-electron chi connectivity index (χ0n) is 10.5. The van der Waals surface area contributed by atoms with Crippen molar-refractivity contribution in [3.8, 4) is 0 Å². The average molecular weight is 227 g/mol. The first-order valence-electron chi connectivity index (χ1n) is 6.29. The number of hydrogen-bond donors (Lipinski definition) is 3. The van der Waals surface area contributed by atoms with E-state index in [9.17, 15) is 4.79 Å². The zero-order valence-corrected chi connectivity index (χ0v) is 10.5. The van der Waals surface area contributed by atoms with Gasteiger partial charge in [-0.3, -0.25) is 4.79 Å². The predicted octanol–water partition coefficient (Wildman–Crippen LogP) is 0.620. The van der Waals surface area contributed by atoms with Crippen LogP contribution in [0.25, 0.3) is 0 Å². The summed E-state index contributed by atoms with van der Waals surface area (Å²) in [5.41, 5.74) is 5.47. The lowest BCUT2D eigenvalue weighted by molar-refractivity contribution is -0.126. The van der Waals surface area contributed by atoms with Crippen LogP contribution in [0.4, 0.5) is 0 Å². The Hall–Kier alpha value is -0.610. The van der Waals surface area contributed by atoms with Gasteiger partial charge in [-0.15, -0.1) is 0 Å². The Morgan fingerprint density at radius 2 is 2.25 bits per heavy atom. The van der Waals surface area contributed by atoms with E-state index in [0.29, 0.717) is 6.54 Å². The van der Waals surface area contributed by atoms with Gasteiger partial charge in [0, 0.05) is 6.54 Å². The molecule has 1 aliphatic rings. The molecule has 0 radical (unpaired) electrons. The fraction of sp³-hybridized carbons (Fsp3) is 0.917. The predicted molar refractivity (Wildman–Crippen MR) is 66.1 cm³/mol. The van der Waals surface area contributed by atoms with Gasteiger partial charge in [0.15, 0.2) is 0 Å². The first kappa shape index (κ1) is 13.5. The molecule has 0 aromatic heterocycles. The molecule has 0 aliphatic carbocycles. The van der Waals surface area contributed by atoms with Gasteiger partial charge in [-0.05, 0) is 44.2 Å². The molecular weight excluding hydrogens is 202 g/mol. The minimum Gasteiger partial charge on any atom is -0.355 e. The summed E-state index contributed by atoms with van der Waals surface area (Å²) in [5, 5.41) is 6.30. The Kier molecular flexibility index (Phi) is 5.22. The first-order chi connectivity index (χ1) is 7.58. The molecule has 0 spiro atoms. The molecular formula is C12H25N3O. The highest BCUT2D eigenvalue weighted by molar-refractivity contribution is 5.82. The topological polar surface area (TPSA) is 67.2 Å². The Morgan fingerprint density at radius 1 is 1.50 bits per heavy atom. The van der Waals surface area contributed by atoms with Crippen LogP contribution in [-0.2, 0) is 4.79 Å². The van der Waals surface area contributed by atoms with Gasteiger partial charge in [0.25, 0.3) is 0 Å². The molecule has 4 heteroatoms. The van der Waals surface area contributed by atoms with Crippen molar-refractivity contribution in [2.45, 2.75) is 45.6 Å². The number of piperidine rings is 1. The quantitative estimate of drug-likeness (QED) is 0.603. The van der Waals surface area contributed by atoms with E-state index in [-0.39, 0.29) is 17.4 Å². The van der Waals surface area contributed by atoms with Crippen LogP contribution in [-0.4, -0.2) is 31.6 Å². The van der Waals surface area contributed by atoms with Crippen molar-refractivity contribution >= 4 is 5.91 Å². The second kappa shape index (κ2) is 6.21. The lowest BCUT2D eigenvalue weighted by Gasteiger charge is -2.38. The normalized spacial score (nSPS) is 24.1. The maximum absolute atomic E-state index is 12.0. The molecule has 94 valence electrons. The number of amides is 1. The van der Waals surface area contributed by atoms with E-state index in [2.05, 4.69) is 24.5 Å². The molecule has 1 atom stereocenters. The van der Waals surface area contributed by atoms with Crippen molar-refractivity contribution < 1.29 is 4.79 Å². The molecule has 4 N–H and O–H groups in total. The van der Waals surface area contributed by atoms with Crippen LogP contribution in [0.1, 0.15) is 39.5 Å². The highest BCUT2D eigenvalue weighted by Crippen LogP contribution is 2.29. The summed E-state index contributed by atoms with van der Waals surface area (Å²) in [7, 11) is 0. The molecule has 1 fully saturated rings. The summed E-state index contributed by atoms with van der Waals surface area (Å²) in [6.07, 6.45) is 4.21. The van der Waals surface area contributed by atoms with Crippen molar-refractivity contribution in [1.29, 1.82) is 0 Å². The molecule has 0 saturated carbocycles. The largest absolute Gasteiger partial charge is 0.355 e. The van der Waals surface area contributed by atoms with Crippen molar-refractivity contribution in [3.63, 3.8) is 0 Å². The van der Waals surface area contributed by atoms with E-state index in [1.807, 2.05) is 0 Å². The third-order valence-corrected chi connectivity index (χ3v) is 3.32. The molecule has 1 heterocycles. The van der Waals surface area contributed by atoms with E-state index in [1.54, 1.807) is 0 Å². The van der Waals surface area contributed by atoms with Gasteiger partial charge in [-0.2, -0.15) is 0 Å². The van der Waals surface area contributed by atoms with Gasteiger partial charge in [0.2, 0.25) is 5.91 Å². The van der Waals surface area contributed by atoms with Gasteiger partial charge in [-0.25, -0.2) is 0 Å². The molecule has 0 aromatic rings. The molecule has 16 heavy (non-hydrogen) atoms.